The van der Waals surface area contributed by atoms with Gasteiger partial charge in [0, 0.05) is 34.9 Å². The van der Waals surface area contributed by atoms with E-state index in [-0.39, 0.29) is 6.04 Å². The SMILES string of the molecule is FC(F)(F)CN(Cc1ccc(CNC2CC2)s1)C1CC1. The molecule has 0 amide bonds. The van der Waals surface area contributed by atoms with Crippen LogP contribution in [-0.4, -0.2) is 29.7 Å². The van der Waals surface area contributed by atoms with Crippen molar-refractivity contribution in [3.05, 3.63) is 21.9 Å². The molecule has 2 saturated carbocycles. The molecule has 0 radical (unpaired) electrons. The Morgan fingerprint density at radius 1 is 1.15 bits per heavy atom. The van der Waals surface area contributed by atoms with Crippen LogP contribution in [0.5, 0.6) is 0 Å². The van der Waals surface area contributed by atoms with Crippen molar-refractivity contribution in [3.63, 3.8) is 0 Å². The van der Waals surface area contributed by atoms with Gasteiger partial charge in [0.1, 0.15) is 0 Å². The lowest BCUT2D eigenvalue weighted by atomic mass is 10.3. The highest BCUT2D eigenvalue weighted by atomic mass is 32.1. The summed E-state index contributed by atoms with van der Waals surface area (Å²) in [4.78, 5) is 3.83. The molecule has 0 aliphatic heterocycles. The number of hydrogen-bond donors (Lipinski definition) is 1. The minimum atomic E-state index is -4.10. The van der Waals surface area contributed by atoms with Crippen molar-refractivity contribution < 1.29 is 13.2 Å². The van der Waals surface area contributed by atoms with Gasteiger partial charge in [-0.15, -0.1) is 11.3 Å². The first-order valence-electron chi connectivity index (χ1n) is 7.11. The summed E-state index contributed by atoms with van der Waals surface area (Å²) in [6, 6.07) is 4.80. The van der Waals surface area contributed by atoms with Crippen LogP contribution in [0.1, 0.15) is 35.4 Å². The Balaban J connectivity index is 1.54. The average molecular weight is 304 g/mol. The Kier molecular flexibility index (Phi) is 4.06. The zero-order valence-electron chi connectivity index (χ0n) is 11.2. The first-order valence-corrected chi connectivity index (χ1v) is 7.93. The zero-order valence-corrected chi connectivity index (χ0v) is 12.1. The van der Waals surface area contributed by atoms with Crippen LogP contribution in [0, 0.1) is 0 Å². The molecule has 1 aromatic heterocycles. The predicted molar refractivity (Wildman–Crippen MR) is 73.7 cm³/mol. The lowest BCUT2D eigenvalue weighted by molar-refractivity contribution is -0.148. The molecule has 0 spiro atoms. The van der Waals surface area contributed by atoms with E-state index in [1.165, 1.54) is 17.7 Å². The van der Waals surface area contributed by atoms with Gasteiger partial charge in [-0.05, 0) is 37.8 Å². The van der Waals surface area contributed by atoms with E-state index in [4.69, 9.17) is 0 Å². The summed E-state index contributed by atoms with van der Waals surface area (Å²) in [5, 5.41) is 3.43. The van der Waals surface area contributed by atoms with Gasteiger partial charge in [0.05, 0.1) is 6.54 Å². The molecule has 0 aromatic carbocycles. The maximum Gasteiger partial charge on any atom is 0.401 e. The summed E-state index contributed by atoms with van der Waals surface area (Å²) in [6.45, 7) is 0.488. The Hall–Kier alpha value is -0.590. The molecule has 1 heterocycles. The Labute approximate surface area is 121 Å². The lowest BCUT2D eigenvalue weighted by Crippen LogP contribution is -2.35. The summed E-state index contributed by atoms with van der Waals surface area (Å²) in [6.07, 6.45) is 0.198. The van der Waals surface area contributed by atoms with Crippen LogP contribution in [0.4, 0.5) is 13.2 Å². The van der Waals surface area contributed by atoms with E-state index in [2.05, 4.69) is 5.32 Å². The summed E-state index contributed by atoms with van der Waals surface area (Å²) in [7, 11) is 0. The van der Waals surface area contributed by atoms with E-state index in [0.717, 1.165) is 24.3 Å². The highest BCUT2D eigenvalue weighted by molar-refractivity contribution is 7.11. The van der Waals surface area contributed by atoms with Crippen LogP contribution in [0.2, 0.25) is 0 Å². The molecule has 1 aromatic rings. The molecule has 0 atom stereocenters. The molecule has 1 N–H and O–H groups in total. The van der Waals surface area contributed by atoms with Gasteiger partial charge >= 0.3 is 6.18 Å². The van der Waals surface area contributed by atoms with Crippen LogP contribution in [0.3, 0.4) is 0 Å². The number of nitrogens with one attached hydrogen (secondary N) is 1. The number of hydrogen-bond acceptors (Lipinski definition) is 3. The zero-order chi connectivity index (χ0) is 14.2. The number of thiophene rings is 1. The van der Waals surface area contributed by atoms with Gasteiger partial charge < -0.3 is 5.32 Å². The van der Waals surface area contributed by atoms with Crippen LogP contribution >= 0.6 is 11.3 Å². The molecule has 6 heteroatoms. The van der Waals surface area contributed by atoms with E-state index < -0.39 is 12.7 Å². The van der Waals surface area contributed by atoms with E-state index in [1.54, 1.807) is 16.2 Å². The van der Waals surface area contributed by atoms with Gasteiger partial charge in [-0.25, -0.2) is 0 Å². The molecule has 2 fully saturated rings. The van der Waals surface area contributed by atoms with Gasteiger partial charge in [0.15, 0.2) is 0 Å². The smallest absolute Gasteiger partial charge is 0.309 e. The van der Waals surface area contributed by atoms with Crippen LogP contribution in [0.15, 0.2) is 12.1 Å². The molecule has 0 bridgehead atoms. The van der Waals surface area contributed by atoms with Gasteiger partial charge in [-0.3, -0.25) is 4.90 Å². The summed E-state index contributed by atoms with van der Waals surface area (Å²) in [5.41, 5.74) is 0. The van der Waals surface area contributed by atoms with Crippen LogP contribution in [0.25, 0.3) is 0 Å². The number of rotatable bonds is 7. The largest absolute Gasteiger partial charge is 0.401 e. The van der Waals surface area contributed by atoms with E-state index in [9.17, 15) is 13.2 Å². The fourth-order valence-corrected chi connectivity index (χ4v) is 3.31. The number of nitrogens with zero attached hydrogens (tertiary/aromatic N) is 1. The van der Waals surface area contributed by atoms with Crippen molar-refractivity contribution >= 4 is 11.3 Å². The third-order valence-electron chi connectivity index (χ3n) is 3.66. The molecule has 0 unspecified atom stereocenters. The second kappa shape index (κ2) is 5.66. The molecule has 3 rings (SSSR count). The molecular weight excluding hydrogens is 285 g/mol. The third kappa shape index (κ3) is 4.46. The summed E-state index contributed by atoms with van der Waals surface area (Å²) in [5.74, 6) is 0. The second-order valence-electron chi connectivity index (χ2n) is 5.77. The molecule has 2 aliphatic rings. The number of halogens is 3. The van der Waals surface area contributed by atoms with E-state index in [0.29, 0.717) is 12.6 Å². The highest BCUT2D eigenvalue weighted by Crippen LogP contribution is 2.32. The van der Waals surface area contributed by atoms with E-state index in [1.807, 2.05) is 12.1 Å². The summed E-state index contributed by atoms with van der Waals surface area (Å²) >= 11 is 1.63. The predicted octanol–water partition coefficient (Wildman–Crippen LogP) is 3.53. The second-order valence-corrected chi connectivity index (χ2v) is 7.03. The maximum atomic E-state index is 12.6. The van der Waals surface area contributed by atoms with Gasteiger partial charge in [0.2, 0.25) is 0 Å². The van der Waals surface area contributed by atoms with Crippen molar-refractivity contribution in [3.8, 4) is 0 Å². The molecule has 20 heavy (non-hydrogen) atoms. The standard InChI is InChI=1S/C14H19F3N2S/c15-14(16,17)9-19(11-3-4-11)8-13-6-5-12(20-13)7-18-10-1-2-10/h5-6,10-11,18H,1-4,7-9H2. The van der Waals surface area contributed by atoms with Crippen molar-refractivity contribution in [1.29, 1.82) is 0 Å². The maximum absolute atomic E-state index is 12.6. The Bertz CT molecular complexity index is 450. The van der Waals surface area contributed by atoms with Gasteiger partial charge in [-0.2, -0.15) is 13.2 Å². The van der Waals surface area contributed by atoms with Crippen molar-refractivity contribution in [1.82, 2.24) is 10.2 Å². The average Bonchev–Trinajstić information content (AvgIpc) is 3.24. The topological polar surface area (TPSA) is 15.3 Å². The molecule has 2 nitrogen and oxygen atoms in total. The molecular formula is C14H19F3N2S. The fraction of sp³-hybridized carbons (Fsp3) is 0.714. The number of alkyl halides is 3. The Morgan fingerprint density at radius 2 is 1.85 bits per heavy atom. The summed E-state index contributed by atoms with van der Waals surface area (Å²) < 4.78 is 37.7. The minimum absolute atomic E-state index is 0.131. The highest BCUT2D eigenvalue weighted by Gasteiger charge is 2.38. The van der Waals surface area contributed by atoms with Crippen molar-refractivity contribution in [2.75, 3.05) is 6.54 Å². The third-order valence-corrected chi connectivity index (χ3v) is 4.73. The minimum Gasteiger partial charge on any atom is -0.309 e. The molecule has 112 valence electrons. The van der Waals surface area contributed by atoms with Crippen molar-refractivity contribution in [2.45, 2.75) is 57.0 Å². The molecule has 0 saturated heterocycles. The Morgan fingerprint density at radius 3 is 2.45 bits per heavy atom. The monoisotopic (exact) mass is 304 g/mol. The first-order chi connectivity index (χ1) is 9.49. The normalized spacial score (nSPS) is 19.8. The fourth-order valence-electron chi connectivity index (χ4n) is 2.32. The van der Waals surface area contributed by atoms with Crippen LogP contribution < -0.4 is 5.32 Å². The first kappa shape index (κ1) is 14.4. The van der Waals surface area contributed by atoms with Crippen molar-refractivity contribution in [2.24, 2.45) is 0 Å². The van der Waals surface area contributed by atoms with E-state index >= 15 is 0 Å². The quantitative estimate of drug-likeness (QED) is 0.829. The molecule has 2 aliphatic carbocycles. The van der Waals surface area contributed by atoms with Gasteiger partial charge in [-0.1, -0.05) is 0 Å². The van der Waals surface area contributed by atoms with Crippen LogP contribution in [-0.2, 0) is 13.1 Å². The van der Waals surface area contributed by atoms with Gasteiger partial charge in [0.25, 0.3) is 0 Å². The lowest BCUT2D eigenvalue weighted by Gasteiger charge is -2.22.